The summed E-state index contributed by atoms with van der Waals surface area (Å²) in [4.78, 5) is 31.1. The van der Waals surface area contributed by atoms with Gasteiger partial charge in [-0.2, -0.15) is 0 Å². The van der Waals surface area contributed by atoms with Gasteiger partial charge < -0.3 is 15.5 Å². The Balaban J connectivity index is 0.00000182. The van der Waals surface area contributed by atoms with Crippen LogP contribution in [0.2, 0.25) is 0 Å². The Hall–Kier alpha value is -1.50. The fraction of sp³-hybridized carbons (Fsp3) is 0.579. The number of carbonyl (C=O) groups excluding carboxylic acids is 2. The first kappa shape index (κ1) is 23.5. The van der Waals surface area contributed by atoms with Crippen molar-refractivity contribution in [1.29, 1.82) is 0 Å². The van der Waals surface area contributed by atoms with Crippen molar-refractivity contribution in [3.05, 3.63) is 29.8 Å². The number of anilines is 1. The lowest BCUT2D eigenvalue weighted by Gasteiger charge is -2.38. The summed E-state index contributed by atoms with van der Waals surface area (Å²) in [6, 6.07) is 7.37. The molecule has 1 atom stereocenters. The zero-order valence-corrected chi connectivity index (χ0v) is 17.4. The molecule has 0 saturated carbocycles. The summed E-state index contributed by atoms with van der Waals surface area (Å²) in [5.74, 6) is 0.377. The van der Waals surface area contributed by atoms with Gasteiger partial charge in [0.2, 0.25) is 11.8 Å². The molecule has 0 aliphatic carbocycles. The van der Waals surface area contributed by atoms with Crippen LogP contribution in [0.15, 0.2) is 24.3 Å². The van der Waals surface area contributed by atoms with Gasteiger partial charge in [-0.3, -0.25) is 14.5 Å². The zero-order chi connectivity index (χ0) is 17.8. The van der Waals surface area contributed by atoms with E-state index in [1.165, 1.54) is 0 Å². The Bertz CT molecular complexity index is 613. The van der Waals surface area contributed by atoms with Crippen molar-refractivity contribution in [3.8, 4) is 0 Å². The van der Waals surface area contributed by atoms with E-state index in [0.29, 0.717) is 25.2 Å². The third-order valence-corrected chi connectivity index (χ3v) is 5.32. The van der Waals surface area contributed by atoms with Gasteiger partial charge in [0.05, 0.1) is 12.5 Å². The van der Waals surface area contributed by atoms with Gasteiger partial charge in [-0.05, 0) is 37.5 Å². The first-order valence-electron chi connectivity index (χ1n) is 9.19. The van der Waals surface area contributed by atoms with Gasteiger partial charge in [0.25, 0.3) is 0 Å². The molecule has 2 aliphatic heterocycles. The number of nitrogen functional groups attached to an aromatic ring is 1. The smallest absolute Gasteiger partial charge is 0.239 e. The highest BCUT2D eigenvalue weighted by atomic mass is 35.5. The Morgan fingerprint density at radius 2 is 1.48 bits per heavy atom. The van der Waals surface area contributed by atoms with E-state index in [-0.39, 0.29) is 42.7 Å². The van der Waals surface area contributed by atoms with Crippen LogP contribution in [-0.2, 0) is 16.0 Å². The molecule has 2 saturated heterocycles. The van der Waals surface area contributed by atoms with Gasteiger partial charge in [-0.1, -0.05) is 12.1 Å². The third-order valence-electron chi connectivity index (χ3n) is 5.32. The average molecular weight is 417 g/mol. The molecule has 27 heavy (non-hydrogen) atoms. The fourth-order valence-corrected chi connectivity index (χ4v) is 3.64. The van der Waals surface area contributed by atoms with Crippen LogP contribution in [0.4, 0.5) is 5.69 Å². The molecule has 0 spiro atoms. The van der Waals surface area contributed by atoms with Crippen LogP contribution in [0.5, 0.6) is 0 Å². The van der Waals surface area contributed by atoms with Crippen LogP contribution in [0, 0.1) is 0 Å². The topological polar surface area (TPSA) is 69.9 Å². The van der Waals surface area contributed by atoms with E-state index in [4.69, 9.17) is 5.73 Å². The second-order valence-corrected chi connectivity index (χ2v) is 7.04. The molecular formula is C19H30Cl2N4O2. The molecule has 0 aromatic heterocycles. The van der Waals surface area contributed by atoms with Crippen molar-refractivity contribution in [2.24, 2.45) is 0 Å². The van der Waals surface area contributed by atoms with Crippen molar-refractivity contribution in [2.75, 3.05) is 45.0 Å². The number of rotatable bonds is 4. The highest BCUT2D eigenvalue weighted by molar-refractivity contribution is 5.85. The quantitative estimate of drug-likeness (QED) is 0.759. The maximum atomic E-state index is 12.5. The van der Waals surface area contributed by atoms with Gasteiger partial charge in [-0.25, -0.2) is 0 Å². The molecule has 2 aliphatic rings. The van der Waals surface area contributed by atoms with Gasteiger partial charge >= 0.3 is 0 Å². The molecule has 0 bridgehead atoms. The van der Waals surface area contributed by atoms with E-state index in [2.05, 4.69) is 4.90 Å². The average Bonchev–Trinajstić information content (AvgIpc) is 3.17. The minimum atomic E-state index is -0.0903. The lowest BCUT2D eigenvalue weighted by molar-refractivity contribution is -0.137. The number of hydrogen-bond acceptors (Lipinski definition) is 4. The molecule has 1 aromatic carbocycles. The molecule has 3 rings (SSSR count). The van der Waals surface area contributed by atoms with E-state index < -0.39 is 0 Å². The summed E-state index contributed by atoms with van der Waals surface area (Å²) in [5, 5.41) is 0. The Morgan fingerprint density at radius 3 is 2.04 bits per heavy atom. The van der Waals surface area contributed by atoms with Gasteiger partial charge in [0, 0.05) is 45.0 Å². The van der Waals surface area contributed by atoms with Crippen LogP contribution in [-0.4, -0.2) is 71.8 Å². The van der Waals surface area contributed by atoms with Crippen molar-refractivity contribution in [1.82, 2.24) is 14.7 Å². The molecule has 2 N–H and O–H groups in total. The number of nitrogens with zero attached hydrogens (tertiary/aromatic N) is 3. The maximum absolute atomic E-state index is 12.5. The Labute approximate surface area is 173 Å². The SMILES string of the molecule is CC(C(=O)N1CCCC1)N1CCN(C(=O)Cc2ccc(N)cc2)CC1.Cl.Cl. The summed E-state index contributed by atoms with van der Waals surface area (Å²) in [6.07, 6.45) is 2.64. The molecule has 6 nitrogen and oxygen atoms in total. The number of piperazine rings is 1. The Kier molecular flexibility index (Phi) is 9.36. The molecule has 152 valence electrons. The van der Waals surface area contributed by atoms with Crippen molar-refractivity contribution in [2.45, 2.75) is 32.2 Å². The summed E-state index contributed by atoms with van der Waals surface area (Å²) in [7, 11) is 0. The van der Waals surface area contributed by atoms with Crippen LogP contribution in [0.1, 0.15) is 25.3 Å². The number of amides is 2. The molecular weight excluding hydrogens is 387 g/mol. The van der Waals surface area contributed by atoms with E-state index in [1.807, 2.05) is 41.0 Å². The van der Waals surface area contributed by atoms with E-state index >= 15 is 0 Å². The van der Waals surface area contributed by atoms with E-state index in [9.17, 15) is 9.59 Å². The number of likely N-dealkylation sites (tertiary alicyclic amines) is 1. The van der Waals surface area contributed by atoms with Crippen molar-refractivity contribution >= 4 is 42.3 Å². The molecule has 2 amide bonds. The maximum Gasteiger partial charge on any atom is 0.239 e. The molecule has 0 radical (unpaired) electrons. The normalized spacial score (nSPS) is 18.4. The highest BCUT2D eigenvalue weighted by Crippen LogP contribution is 2.15. The summed E-state index contributed by atoms with van der Waals surface area (Å²) in [5.41, 5.74) is 7.38. The standard InChI is InChI=1S/C19H28N4O2.2ClH/c1-15(19(25)23-8-2-3-9-23)21-10-12-22(13-11-21)18(24)14-16-4-6-17(20)7-5-16;;/h4-7,15H,2-3,8-14,20H2,1H3;2*1H. The number of nitrogens with two attached hydrogens (primary N) is 1. The van der Waals surface area contributed by atoms with Crippen LogP contribution < -0.4 is 5.73 Å². The zero-order valence-electron chi connectivity index (χ0n) is 15.8. The summed E-state index contributed by atoms with van der Waals surface area (Å²) < 4.78 is 0. The first-order chi connectivity index (χ1) is 12.0. The number of hydrogen-bond donors (Lipinski definition) is 1. The second kappa shape index (κ2) is 10.7. The van der Waals surface area contributed by atoms with Crippen LogP contribution in [0.25, 0.3) is 0 Å². The van der Waals surface area contributed by atoms with Crippen LogP contribution in [0.3, 0.4) is 0 Å². The predicted octanol–water partition coefficient (Wildman–Crippen LogP) is 1.81. The molecule has 2 fully saturated rings. The number of halogens is 2. The predicted molar refractivity (Wildman–Crippen MR) is 112 cm³/mol. The van der Waals surface area contributed by atoms with Crippen molar-refractivity contribution in [3.63, 3.8) is 0 Å². The number of carbonyl (C=O) groups is 2. The van der Waals surface area contributed by atoms with Gasteiger partial charge in [0.15, 0.2) is 0 Å². The second-order valence-electron chi connectivity index (χ2n) is 7.04. The van der Waals surface area contributed by atoms with E-state index in [0.717, 1.165) is 44.6 Å². The molecule has 8 heteroatoms. The molecule has 1 unspecified atom stereocenters. The highest BCUT2D eigenvalue weighted by Gasteiger charge is 2.30. The van der Waals surface area contributed by atoms with E-state index in [1.54, 1.807) is 0 Å². The monoisotopic (exact) mass is 416 g/mol. The fourth-order valence-electron chi connectivity index (χ4n) is 3.64. The first-order valence-corrected chi connectivity index (χ1v) is 9.19. The number of benzene rings is 1. The molecule has 2 heterocycles. The minimum absolute atomic E-state index is 0. The van der Waals surface area contributed by atoms with Gasteiger partial charge in [-0.15, -0.1) is 24.8 Å². The largest absolute Gasteiger partial charge is 0.399 e. The van der Waals surface area contributed by atoms with Crippen molar-refractivity contribution < 1.29 is 9.59 Å². The Morgan fingerprint density at radius 1 is 0.926 bits per heavy atom. The lowest BCUT2D eigenvalue weighted by Crippen LogP contribution is -2.55. The molecule has 1 aromatic rings. The lowest BCUT2D eigenvalue weighted by atomic mass is 10.1. The summed E-state index contributed by atoms with van der Waals surface area (Å²) >= 11 is 0. The van der Waals surface area contributed by atoms with Crippen LogP contribution >= 0.6 is 24.8 Å². The van der Waals surface area contributed by atoms with Gasteiger partial charge in [0.1, 0.15) is 0 Å². The third kappa shape index (κ3) is 5.99. The minimum Gasteiger partial charge on any atom is -0.399 e. The summed E-state index contributed by atoms with van der Waals surface area (Å²) in [6.45, 7) is 6.66.